The summed E-state index contributed by atoms with van der Waals surface area (Å²) in [6.07, 6.45) is 6.02. The van der Waals surface area contributed by atoms with E-state index in [4.69, 9.17) is 12.2 Å². The molecule has 24 heavy (non-hydrogen) atoms. The second-order valence-electron chi connectivity index (χ2n) is 5.78. The fourth-order valence-electron chi connectivity index (χ4n) is 2.78. The van der Waals surface area contributed by atoms with E-state index in [1.165, 1.54) is 23.6 Å². The molecule has 1 fully saturated rings. The highest BCUT2D eigenvalue weighted by Gasteiger charge is 2.13. The second-order valence-corrected chi connectivity index (χ2v) is 6.17. The summed E-state index contributed by atoms with van der Waals surface area (Å²) in [7, 11) is 0. The zero-order valence-electron chi connectivity index (χ0n) is 13.3. The van der Waals surface area contributed by atoms with Gasteiger partial charge < -0.3 is 5.11 Å². The lowest BCUT2D eigenvalue weighted by Gasteiger charge is -2.16. The first-order chi connectivity index (χ1) is 11.7. The number of hydrogen-bond acceptors (Lipinski definition) is 5. The number of aromatic nitrogens is 2. The Morgan fingerprint density at radius 1 is 1.12 bits per heavy atom. The summed E-state index contributed by atoms with van der Waals surface area (Å²) < 4.78 is 1.58. The molecule has 1 saturated heterocycles. The van der Waals surface area contributed by atoms with Crippen LogP contribution in [0.5, 0.6) is 5.88 Å². The molecule has 7 heteroatoms. The van der Waals surface area contributed by atoms with Crippen LogP contribution >= 0.6 is 12.2 Å². The van der Waals surface area contributed by atoms with Crippen LogP contribution in [0.4, 0.5) is 0 Å². The van der Waals surface area contributed by atoms with Gasteiger partial charge in [0.15, 0.2) is 4.77 Å². The minimum Gasteiger partial charge on any atom is -0.494 e. The van der Waals surface area contributed by atoms with Gasteiger partial charge in [0.05, 0.1) is 11.9 Å². The van der Waals surface area contributed by atoms with E-state index in [0.717, 1.165) is 25.9 Å². The summed E-state index contributed by atoms with van der Waals surface area (Å²) in [6.45, 7) is 1.74. The van der Waals surface area contributed by atoms with Crippen molar-refractivity contribution in [2.24, 2.45) is 5.10 Å². The van der Waals surface area contributed by atoms with Crippen LogP contribution in [0.3, 0.4) is 0 Å². The van der Waals surface area contributed by atoms with Gasteiger partial charge in [0.25, 0.3) is 5.56 Å². The van der Waals surface area contributed by atoms with E-state index in [1.54, 1.807) is 0 Å². The lowest BCUT2D eigenvalue weighted by atomic mass is 10.2. The van der Waals surface area contributed by atoms with Gasteiger partial charge in [-0.25, -0.2) is 0 Å². The summed E-state index contributed by atoms with van der Waals surface area (Å²) in [5.41, 5.74) is 0.348. The quantitative estimate of drug-likeness (QED) is 0.663. The Bertz CT molecular complexity index is 834. The zero-order chi connectivity index (χ0) is 16.9. The van der Waals surface area contributed by atoms with Gasteiger partial charge in [-0.15, -0.1) is 0 Å². The molecular formula is C17H20N4O2S. The van der Waals surface area contributed by atoms with Crippen LogP contribution in [0.1, 0.15) is 31.2 Å². The minimum absolute atomic E-state index is 0.108. The number of nitrogens with one attached hydrogen (secondary N) is 1. The second kappa shape index (κ2) is 7.44. The molecule has 0 aliphatic carbocycles. The molecule has 0 atom stereocenters. The third kappa shape index (κ3) is 3.56. The van der Waals surface area contributed by atoms with Crippen LogP contribution in [0, 0.1) is 4.77 Å². The number of benzene rings is 1. The molecule has 1 aromatic heterocycles. The van der Waals surface area contributed by atoms with Crippen LogP contribution in [0.15, 0.2) is 40.2 Å². The highest BCUT2D eigenvalue weighted by atomic mass is 32.1. The summed E-state index contributed by atoms with van der Waals surface area (Å²) in [5.74, 6) is -0.200. The van der Waals surface area contributed by atoms with Gasteiger partial charge in [-0.05, 0) is 37.2 Å². The topological polar surface area (TPSA) is 73.6 Å². The van der Waals surface area contributed by atoms with E-state index in [-0.39, 0.29) is 16.2 Å². The van der Waals surface area contributed by atoms with Gasteiger partial charge in [0.2, 0.25) is 5.88 Å². The molecule has 2 heterocycles. The van der Waals surface area contributed by atoms with Crippen molar-refractivity contribution in [1.29, 1.82) is 0 Å². The molecular weight excluding hydrogens is 324 g/mol. The first-order valence-electron chi connectivity index (χ1n) is 8.09. The molecule has 0 saturated carbocycles. The molecule has 126 valence electrons. The Kier molecular flexibility index (Phi) is 5.10. The average Bonchev–Trinajstić information content (AvgIpc) is 2.84. The van der Waals surface area contributed by atoms with E-state index >= 15 is 0 Å². The maximum Gasteiger partial charge on any atom is 0.264 e. The molecule has 2 N–H and O–H groups in total. The van der Waals surface area contributed by atoms with Crippen molar-refractivity contribution in [3.8, 4) is 11.6 Å². The molecule has 0 radical (unpaired) electrons. The van der Waals surface area contributed by atoms with Crippen molar-refractivity contribution in [1.82, 2.24) is 14.6 Å². The van der Waals surface area contributed by atoms with Crippen LogP contribution in [-0.4, -0.2) is 39.0 Å². The third-order valence-corrected chi connectivity index (χ3v) is 4.35. The third-order valence-electron chi connectivity index (χ3n) is 4.07. The van der Waals surface area contributed by atoms with Crippen LogP contribution in [0.2, 0.25) is 0 Å². The SMILES string of the molecule is O=c1[nH]c(=S)n(-c2ccccc2)c(O)c1/C=N/N1CCCCCC1. The number of aromatic hydroxyl groups is 1. The Morgan fingerprint density at radius 3 is 2.46 bits per heavy atom. The van der Waals surface area contributed by atoms with Gasteiger partial charge >= 0.3 is 0 Å². The summed E-state index contributed by atoms with van der Waals surface area (Å²) in [5, 5.41) is 16.9. The summed E-state index contributed by atoms with van der Waals surface area (Å²) >= 11 is 5.19. The first-order valence-corrected chi connectivity index (χ1v) is 8.50. The normalized spacial score (nSPS) is 15.6. The van der Waals surface area contributed by atoms with Crippen molar-refractivity contribution >= 4 is 18.4 Å². The highest BCUT2D eigenvalue weighted by molar-refractivity contribution is 7.71. The number of hydrogen-bond donors (Lipinski definition) is 2. The lowest BCUT2D eigenvalue weighted by molar-refractivity contribution is 0.302. The number of para-hydroxylation sites is 1. The standard InChI is InChI=1S/C17H20N4O2S/c22-15-14(12-18-20-10-6-1-2-7-11-20)16(23)21(17(24)19-15)13-8-4-3-5-9-13/h3-5,8-9,12,23H,1-2,6-7,10-11H2,(H,19,22,24)/b18-12+. The molecule has 0 spiro atoms. The number of hydrazone groups is 1. The van der Waals surface area contributed by atoms with Crippen LogP contribution < -0.4 is 5.56 Å². The number of H-pyrrole nitrogens is 1. The lowest BCUT2D eigenvalue weighted by Crippen LogP contribution is -2.21. The first kappa shape index (κ1) is 16.4. The molecule has 0 amide bonds. The number of aromatic amines is 1. The maximum atomic E-state index is 12.2. The number of rotatable bonds is 3. The Morgan fingerprint density at radius 2 is 1.79 bits per heavy atom. The molecule has 6 nitrogen and oxygen atoms in total. The molecule has 0 bridgehead atoms. The Labute approximate surface area is 145 Å². The van der Waals surface area contributed by atoms with E-state index in [1.807, 2.05) is 35.3 Å². The average molecular weight is 344 g/mol. The van der Waals surface area contributed by atoms with E-state index in [2.05, 4.69) is 10.1 Å². The van der Waals surface area contributed by atoms with Crippen LogP contribution in [-0.2, 0) is 0 Å². The predicted molar refractivity (Wildman–Crippen MR) is 96.5 cm³/mol. The summed E-state index contributed by atoms with van der Waals surface area (Å²) in [4.78, 5) is 14.8. The fraction of sp³-hybridized carbons (Fsp3) is 0.353. The molecule has 2 aromatic rings. The summed E-state index contributed by atoms with van der Waals surface area (Å²) in [6, 6.07) is 9.17. The van der Waals surface area contributed by atoms with Gasteiger partial charge in [-0.2, -0.15) is 5.10 Å². The molecule has 3 rings (SSSR count). The van der Waals surface area contributed by atoms with Crippen molar-refractivity contribution in [2.45, 2.75) is 25.7 Å². The predicted octanol–water partition coefficient (Wildman–Crippen LogP) is 2.81. The highest BCUT2D eigenvalue weighted by Crippen LogP contribution is 2.18. The van der Waals surface area contributed by atoms with Gasteiger partial charge in [0.1, 0.15) is 5.56 Å². The molecule has 0 unspecified atom stereocenters. The van der Waals surface area contributed by atoms with Gasteiger partial charge in [-0.1, -0.05) is 31.0 Å². The van der Waals surface area contributed by atoms with Crippen molar-refractivity contribution in [3.05, 3.63) is 51.0 Å². The fourth-order valence-corrected chi connectivity index (χ4v) is 3.06. The van der Waals surface area contributed by atoms with Crippen molar-refractivity contribution < 1.29 is 5.11 Å². The van der Waals surface area contributed by atoms with E-state index in [9.17, 15) is 9.90 Å². The molecule has 1 aliphatic heterocycles. The smallest absolute Gasteiger partial charge is 0.264 e. The van der Waals surface area contributed by atoms with E-state index in [0.29, 0.717) is 5.69 Å². The zero-order valence-corrected chi connectivity index (χ0v) is 14.1. The van der Waals surface area contributed by atoms with Crippen molar-refractivity contribution in [3.63, 3.8) is 0 Å². The van der Waals surface area contributed by atoms with Gasteiger partial charge in [-0.3, -0.25) is 19.4 Å². The Balaban J connectivity index is 1.99. The largest absolute Gasteiger partial charge is 0.494 e. The molecule has 1 aromatic carbocycles. The molecule has 1 aliphatic rings. The maximum absolute atomic E-state index is 12.2. The monoisotopic (exact) mass is 344 g/mol. The van der Waals surface area contributed by atoms with E-state index < -0.39 is 5.56 Å². The van der Waals surface area contributed by atoms with Crippen LogP contribution in [0.25, 0.3) is 5.69 Å². The Hall–Kier alpha value is -2.41. The van der Waals surface area contributed by atoms with Crippen molar-refractivity contribution in [2.75, 3.05) is 13.1 Å². The minimum atomic E-state index is -0.441. The number of nitrogens with zero attached hydrogens (tertiary/aromatic N) is 3. The van der Waals surface area contributed by atoms with Gasteiger partial charge in [0, 0.05) is 13.1 Å².